The lowest BCUT2D eigenvalue weighted by Crippen LogP contribution is -2.24. The number of carboxylic acids is 1. The summed E-state index contributed by atoms with van der Waals surface area (Å²) in [6.07, 6.45) is 1.97. The monoisotopic (exact) mass is 577 g/mol. The van der Waals surface area contributed by atoms with E-state index >= 15 is 0 Å². The Labute approximate surface area is 226 Å². The summed E-state index contributed by atoms with van der Waals surface area (Å²) in [5.41, 5.74) is 2.67. The van der Waals surface area contributed by atoms with Crippen molar-refractivity contribution in [2.24, 2.45) is 5.16 Å². The topological polar surface area (TPSA) is 93.8 Å². The fraction of sp³-hybridized carbons (Fsp3) is 0.241. The van der Waals surface area contributed by atoms with Crippen LogP contribution in [0.1, 0.15) is 49.6 Å². The van der Waals surface area contributed by atoms with Crippen LogP contribution in [-0.4, -0.2) is 26.3 Å². The molecular weight excluding hydrogens is 553 g/mol. The Bertz CT molecular complexity index is 1620. The van der Waals surface area contributed by atoms with E-state index in [1.54, 1.807) is 6.07 Å². The predicted molar refractivity (Wildman–Crippen MR) is 146 cm³/mol. The molecule has 0 amide bonds. The van der Waals surface area contributed by atoms with Gasteiger partial charge in [-0.05, 0) is 73.9 Å². The molecule has 3 aromatic carbocycles. The van der Waals surface area contributed by atoms with E-state index in [0.717, 1.165) is 21.3 Å². The lowest BCUT2D eigenvalue weighted by molar-refractivity contribution is -0.137. The van der Waals surface area contributed by atoms with Crippen molar-refractivity contribution in [2.45, 2.75) is 44.6 Å². The van der Waals surface area contributed by atoms with Crippen molar-refractivity contribution in [3.05, 3.63) is 104 Å². The number of hydrogen-bond donors (Lipinski definition) is 1. The van der Waals surface area contributed by atoms with Crippen LogP contribution in [0.3, 0.4) is 0 Å². The maximum absolute atomic E-state index is 13.6. The largest absolute Gasteiger partial charge is 0.481 e. The molecule has 38 heavy (non-hydrogen) atoms. The first kappa shape index (κ1) is 25.8. The molecular formula is C29H25BrFN3O4. The second-order valence-electron chi connectivity index (χ2n) is 9.53. The minimum atomic E-state index is -0.869. The van der Waals surface area contributed by atoms with Gasteiger partial charge in [0.25, 0.3) is 5.56 Å². The van der Waals surface area contributed by atoms with E-state index < -0.39 is 17.4 Å². The summed E-state index contributed by atoms with van der Waals surface area (Å²) in [4.78, 5) is 35.2. The lowest BCUT2D eigenvalue weighted by Gasteiger charge is -2.22. The smallest absolute Gasteiger partial charge is 0.303 e. The molecule has 1 aliphatic heterocycles. The highest BCUT2D eigenvalue weighted by Crippen LogP contribution is 2.37. The summed E-state index contributed by atoms with van der Waals surface area (Å²) >= 11 is 3.51. The van der Waals surface area contributed by atoms with Crippen LogP contribution in [-0.2, 0) is 21.7 Å². The summed E-state index contributed by atoms with van der Waals surface area (Å²) in [6.45, 7) is 1.99. The first-order chi connectivity index (χ1) is 18.2. The lowest BCUT2D eigenvalue weighted by atomic mass is 9.89. The predicted octanol–water partition coefficient (Wildman–Crippen LogP) is 6.12. The number of fused-ring (bicyclic) bond motifs is 1. The standard InChI is InChI=1S/C29H25BrFN3O4/c1-29(19-5-4-6-20(30)16-19)17-25(33-38-29)18-9-14-23-24(15-18)32-26(7-2-3-8-27(35)36)34(28(23)37)22-12-10-21(31)11-13-22/h4-6,9-16H,2-3,7-8,17H2,1H3,(H,35,36)/t29-/m1/s1. The molecule has 5 rings (SSSR count). The van der Waals surface area contributed by atoms with Crippen molar-refractivity contribution < 1.29 is 19.1 Å². The van der Waals surface area contributed by atoms with Crippen LogP contribution in [0.2, 0.25) is 0 Å². The number of benzene rings is 3. The van der Waals surface area contributed by atoms with Gasteiger partial charge in [0, 0.05) is 29.3 Å². The summed E-state index contributed by atoms with van der Waals surface area (Å²) in [5, 5.41) is 13.8. The van der Waals surface area contributed by atoms with E-state index in [1.165, 1.54) is 28.8 Å². The zero-order valence-electron chi connectivity index (χ0n) is 20.7. The van der Waals surface area contributed by atoms with E-state index in [4.69, 9.17) is 14.9 Å². The SMILES string of the molecule is C[C@]1(c2cccc(Br)c2)CC(c2ccc3c(=O)n(-c4ccc(F)cc4)c(CCCCC(=O)O)nc3c2)=NO1. The minimum Gasteiger partial charge on any atom is -0.481 e. The molecule has 0 aliphatic carbocycles. The maximum Gasteiger partial charge on any atom is 0.303 e. The van der Waals surface area contributed by atoms with Gasteiger partial charge in [0.2, 0.25) is 0 Å². The zero-order valence-corrected chi connectivity index (χ0v) is 22.2. The van der Waals surface area contributed by atoms with Crippen LogP contribution >= 0.6 is 15.9 Å². The number of aromatic nitrogens is 2. The molecule has 0 saturated carbocycles. The van der Waals surface area contributed by atoms with Gasteiger partial charge in [-0.3, -0.25) is 14.2 Å². The average Bonchev–Trinajstić information content (AvgIpc) is 3.30. The fourth-order valence-electron chi connectivity index (χ4n) is 4.66. The van der Waals surface area contributed by atoms with Crippen LogP contribution in [0.25, 0.3) is 16.6 Å². The van der Waals surface area contributed by atoms with Crippen molar-refractivity contribution >= 4 is 38.5 Å². The third-order valence-corrected chi connectivity index (χ3v) is 7.19. The van der Waals surface area contributed by atoms with Gasteiger partial charge in [-0.15, -0.1) is 0 Å². The molecule has 9 heteroatoms. The third-order valence-electron chi connectivity index (χ3n) is 6.70. The number of carbonyl (C=O) groups is 1. The molecule has 4 aromatic rings. The van der Waals surface area contributed by atoms with Crippen molar-refractivity contribution in [1.29, 1.82) is 0 Å². The molecule has 1 N–H and O–H groups in total. The Kier molecular flexibility index (Phi) is 7.12. The molecule has 1 aromatic heterocycles. The van der Waals surface area contributed by atoms with Gasteiger partial charge in [0.05, 0.1) is 22.3 Å². The van der Waals surface area contributed by atoms with E-state index in [1.807, 2.05) is 43.3 Å². The number of rotatable bonds is 8. The Morgan fingerprint density at radius 1 is 1.13 bits per heavy atom. The van der Waals surface area contributed by atoms with Gasteiger partial charge < -0.3 is 9.94 Å². The van der Waals surface area contributed by atoms with Crippen LogP contribution in [0.5, 0.6) is 0 Å². The molecule has 1 aliphatic rings. The van der Waals surface area contributed by atoms with E-state index in [-0.39, 0.29) is 12.0 Å². The van der Waals surface area contributed by atoms with Crippen molar-refractivity contribution in [3.63, 3.8) is 0 Å². The van der Waals surface area contributed by atoms with Gasteiger partial charge >= 0.3 is 5.97 Å². The molecule has 0 saturated heterocycles. The number of unbranched alkanes of at least 4 members (excludes halogenated alkanes) is 1. The summed E-state index contributed by atoms with van der Waals surface area (Å²) in [7, 11) is 0. The van der Waals surface area contributed by atoms with Crippen LogP contribution < -0.4 is 5.56 Å². The van der Waals surface area contributed by atoms with Crippen molar-refractivity contribution in [2.75, 3.05) is 0 Å². The molecule has 0 bridgehead atoms. The molecule has 0 unspecified atom stereocenters. The van der Waals surface area contributed by atoms with Crippen LogP contribution in [0, 0.1) is 5.82 Å². The first-order valence-corrected chi connectivity index (χ1v) is 13.1. The quantitative estimate of drug-likeness (QED) is 0.254. The number of hydrogen-bond acceptors (Lipinski definition) is 5. The number of halogens is 2. The van der Waals surface area contributed by atoms with Gasteiger partial charge in [-0.25, -0.2) is 9.37 Å². The highest BCUT2D eigenvalue weighted by molar-refractivity contribution is 9.10. The highest BCUT2D eigenvalue weighted by atomic mass is 79.9. The Balaban J connectivity index is 1.51. The van der Waals surface area contributed by atoms with Crippen molar-refractivity contribution in [3.8, 4) is 5.69 Å². The van der Waals surface area contributed by atoms with E-state index in [9.17, 15) is 14.0 Å². The van der Waals surface area contributed by atoms with Gasteiger partial charge in [0.15, 0.2) is 5.60 Å². The molecule has 194 valence electrons. The maximum atomic E-state index is 13.6. The Morgan fingerprint density at radius 2 is 1.92 bits per heavy atom. The zero-order chi connectivity index (χ0) is 26.9. The number of carboxylic acid groups (broad SMARTS) is 1. The van der Waals surface area contributed by atoms with Gasteiger partial charge in [-0.2, -0.15) is 0 Å². The number of aliphatic carboxylic acids is 1. The van der Waals surface area contributed by atoms with Crippen LogP contribution in [0.15, 0.2) is 81.2 Å². The molecule has 2 heterocycles. The summed E-state index contributed by atoms with van der Waals surface area (Å²) in [6, 6.07) is 19.0. The summed E-state index contributed by atoms with van der Waals surface area (Å²) in [5.74, 6) is -0.788. The second-order valence-corrected chi connectivity index (χ2v) is 10.4. The molecule has 0 fully saturated rings. The summed E-state index contributed by atoms with van der Waals surface area (Å²) < 4.78 is 16.0. The molecule has 7 nitrogen and oxygen atoms in total. The van der Waals surface area contributed by atoms with Crippen molar-refractivity contribution in [1.82, 2.24) is 9.55 Å². The van der Waals surface area contributed by atoms with E-state index in [2.05, 4.69) is 21.1 Å². The third kappa shape index (κ3) is 5.24. The van der Waals surface area contributed by atoms with Crippen LogP contribution in [0.4, 0.5) is 4.39 Å². The molecule has 0 radical (unpaired) electrons. The Morgan fingerprint density at radius 3 is 2.66 bits per heavy atom. The van der Waals surface area contributed by atoms with Gasteiger partial charge in [0.1, 0.15) is 11.6 Å². The van der Waals surface area contributed by atoms with E-state index in [0.29, 0.717) is 48.1 Å². The molecule has 0 spiro atoms. The number of oxime groups is 1. The normalized spacial score (nSPS) is 16.9. The Hall–Kier alpha value is -3.85. The minimum absolute atomic E-state index is 0.0368. The first-order valence-electron chi connectivity index (χ1n) is 12.3. The molecule has 1 atom stereocenters. The number of aryl methyl sites for hydroxylation is 1. The second kappa shape index (κ2) is 10.5. The highest BCUT2D eigenvalue weighted by Gasteiger charge is 2.37. The number of nitrogens with zero attached hydrogens (tertiary/aromatic N) is 3. The fourth-order valence-corrected chi connectivity index (χ4v) is 5.06. The van der Waals surface area contributed by atoms with Gasteiger partial charge in [-0.1, -0.05) is 39.3 Å². The average molecular weight is 578 g/mol.